The van der Waals surface area contributed by atoms with Crippen molar-refractivity contribution in [2.75, 3.05) is 16.4 Å². The second-order valence-electron chi connectivity index (χ2n) is 8.50. The van der Waals surface area contributed by atoms with Crippen LogP contribution in [0.15, 0.2) is 36.8 Å². The minimum Gasteiger partial charge on any atom is -0.324 e. The molecule has 2 aliphatic heterocycles. The molecular weight excluding hydrogens is 424 g/mol. The van der Waals surface area contributed by atoms with Crippen molar-refractivity contribution in [2.24, 2.45) is 0 Å². The first-order valence-corrected chi connectivity index (χ1v) is 12.2. The van der Waals surface area contributed by atoms with Crippen molar-refractivity contribution in [1.29, 1.82) is 0 Å². The molecule has 1 saturated carbocycles. The van der Waals surface area contributed by atoms with Gasteiger partial charge >= 0.3 is 0 Å². The molecule has 3 aromatic heterocycles. The first kappa shape index (κ1) is 18.3. The van der Waals surface area contributed by atoms with Gasteiger partial charge in [0.05, 0.1) is 46.4 Å². The zero-order valence-corrected chi connectivity index (χ0v) is 17.7. The lowest BCUT2D eigenvalue weighted by atomic mass is 9.99. The predicted octanol–water partition coefficient (Wildman–Crippen LogP) is 3.02. The van der Waals surface area contributed by atoms with Gasteiger partial charge in [-0.1, -0.05) is 11.6 Å². The Morgan fingerprint density at radius 1 is 1.23 bits per heavy atom. The number of aromatic nitrogens is 3. The van der Waals surface area contributed by atoms with Crippen molar-refractivity contribution in [1.82, 2.24) is 14.5 Å². The Bertz CT molecular complexity index is 1330. The normalized spacial score (nSPS) is 23.4. The molecule has 1 spiro atoms. The molecule has 30 heavy (non-hydrogen) atoms. The molecule has 0 radical (unpaired) electrons. The number of pyridine rings is 2. The first-order valence-electron chi connectivity index (χ1n) is 10.0. The molecule has 3 aromatic rings. The molecule has 1 aliphatic carbocycles. The van der Waals surface area contributed by atoms with Crippen LogP contribution in [0.5, 0.6) is 0 Å². The van der Waals surface area contributed by atoms with Crippen LogP contribution in [0.25, 0.3) is 11.0 Å². The summed E-state index contributed by atoms with van der Waals surface area (Å²) in [6, 6.07) is 5.55. The van der Waals surface area contributed by atoms with Crippen LogP contribution in [0.4, 0.5) is 5.69 Å². The highest BCUT2D eigenvalue weighted by atomic mass is 35.5. The van der Waals surface area contributed by atoms with Crippen molar-refractivity contribution in [2.45, 2.75) is 37.3 Å². The van der Waals surface area contributed by atoms with E-state index in [4.69, 9.17) is 11.6 Å². The summed E-state index contributed by atoms with van der Waals surface area (Å²) in [6.07, 6.45) is 7.33. The highest BCUT2D eigenvalue weighted by molar-refractivity contribution is 7.91. The predicted molar refractivity (Wildman–Crippen MR) is 113 cm³/mol. The molecule has 7 nitrogen and oxygen atoms in total. The van der Waals surface area contributed by atoms with Crippen LogP contribution in [0.1, 0.15) is 36.6 Å². The maximum absolute atomic E-state index is 13.3. The van der Waals surface area contributed by atoms with Gasteiger partial charge in [0.2, 0.25) is 5.91 Å². The maximum Gasteiger partial charge on any atom is 0.238 e. The molecule has 0 aromatic carbocycles. The number of carbonyl (C=O) groups excluding carboxylic acids is 1. The van der Waals surface area contributed by atoms with Crippen molar-refractivity contribution in [3.8, 4) is 0 Å². The quantitative estimate of drug-likeness (QED) is 0.622. The number of hydrogen-bond donors (Lipinski definition) is 0. The summed E-state index contributed by atoms with van der Waals surface area (Å²) in [5.41, 5.74) is 3.07. The number of halogens is 1. The van der Waals surface area contributed by atoms with Crippen LogP contribution in [0, 0.1) is 0 Å². The Morgan fingerprint density at radius 3 is 2.80 bits per heavy atom. The van der Waals surface area contributed by atoms with Crippen molar-refractivity contribution < 1.29 is 13.2 Å². The van der Waals surface area contributed by atoms with E-state index in [0.717, 1.165) is 35.2 Å². The largest absolute Gasteiger partial charge is 0.324 e. The van der Waals surface area contributed by atoms with Gasteiger partial charge in [0.15, 0.2) is 9.84 Å². The molecule has 0 N–H and O–H groups in total. The molecule has 5 heterocycles. The average Bonchev–Trinajstić information content (AvgIpc) is 3.27. The third kappa shape index (κ3) is 2.56. The highest BCUT2D eigenvalue weighted by Crippen LogP contribution is 2.57. The van der Waals surface area contributed by atoms with Gasteiger partial charge in [-0.15, -0.1) is 0 Å². The molecule has 1 atom stereocenters. The summed E-state index contributed by atoms with van der Waals surface area (Å²) >= 11 is 6.15. The number of anilines is 1. The third-order valence-corrected chi connectivity index (χ3v) is 8.58. The Morgan fingerprint density at radius 2 is 2.07 bits per heavy atom. The van der Waals surface area contributed by atoms with E-state index in [-0.39, 0.29) is 23.5 Å². The molecule has 2 fully saturated rings. The number of hydrogen-bond acceptors (Lipinski definition) is 5. The van der Waals surface area contributed by atoms with Crippen LogP contribution in [-0.4, -0.2) is 40.4 Å². The Kier molecular flexibility index (Phi) is 3.69. The molecule has 9 heteroatoms. The van der Waals surface area contributed by atoms with Gasteiger partial charge in [-0.05, 0) is 43.0 Å². The lowest BCUT2D eigenvalue weighted by molar-refractivity contribution is -0.120. The fraction of sp³-hybridized carbons (Fsp3) is 0.381. The van der Waals surface area contributed by atoms with Crippen LogP contribution in [-0.2, 0) is 26.6 Å². The summed E-state index contributed by atoms with van der Waals surface area (Å²) in [7, 11) is -3.08. The van der Waals surface area contributed by atoms with E-state index >= 15 is 0 Å². The molecular formula is C21H19ClN4O3S. The van der Waals surface area contributed by atoms with Crippen molar-refractivity contribution >= 4 is 44.1 Å². The second-order valence-corrected chi connectivity index (χ2v) is 11.2. The van der Waals surface area contributed by atoms with Crippen LogP contribution in [0.2, 0.25) is 5.02 Å². The first-order chi connectivity index (χ1) is 14.4. The number of amides is 1. The minimum absolute atomic E-state index is 0.0874. The molecule has 3 aliphatic rings. The van der Waals surface area contributed by atoms with Gasteiger partial charge in [0, 0.05) is 23.5 Å². The van der Waals surface area contributed by atoms with E-state index in [1.54, 1.807) is 23.5 Å². The van der Waals surface area contributed by atoms with Crippen molar-refractivity contribution in [3.05, 3.63) is 53.1 Å². The SMILES string of the molecule is O=C1N(Cc2cc3cc(Cl)cnc3n2C2CCS(=O)(=O)C2)c2cnccc2C12CC2. The van der Waals surface area contributed by atoms with Gasteiger partial charge in [-0.25, -0.2) is 13.4 Å². The zero-order valence-electron chi connectivity index (χ0n) is 16.1. The number of carbonyl (C=O) groups is 1. The zero-order chi connectivity index (χ0) is 20.7. The lowest BCUT2D eigenvalue weighted by Gasteiger charge is -2.22. The number of rotatable bonds is 3. The van der Waals surface area contributed by atoms with Gasteiger partial charge in [0.25, 0.3) is 0 Å². The molecule has 0 bridgehead atoms. The summed E-state index contributed by atoms with van der Waals surface area (Å²) in [5.74, 6) is 0.361. The molecule has 1 unspecified atom stereocenters. The van der Waals surface area contributed by atoms with Gasteiger partial charge < -0.3 is 9.47 Å². The highest BCUT2D eigenvalue weighted by Gasteiger charge is 2.59. The minimum atomic E-state index is -3.08. The smallest absolute Gasteiger partial charge is 0.238 e. The Hall–Kier alpha value is -2.45. The Labute approximate surface area is 178 Å². The van der Waals surface area contributed by atoms with Gasteiger partial charge in [0.1, 0.15) is 5.65 Å². The molecule has 1 amide bonds. The monoisotopic (exact) mass is 442 g/mol. The fourth-order valence-electron chi connectivity index (χ4n) is 5.06. The second kappa shape index (κ2) is 6.04. The molecule has 154 valence electrons. The number of sulfone groups is 1. The van der Waals surface area contributed by atoms with E-state index < -0.39 is 15.3 Å². The standard InChI is InChI=1S/C21H19ClN4O3S/c22-14-7-13-8-16(26(19(13)24-9-14)15-2-6-30(28,29)12-15)11-25-18-10-23-5-1-17(18)21(3-4-21)20(25)27/h1,5,7-10,15H,2-4,6,11-12H2. The summed E-state index contributed by atoms with van der Waals surface area (Å²) < 4.78 is 26.3. The number of nitrogens with zero attached hydrogens (tertiary/aromatic N) is 4. The molecule has 6 rings (SSSR count). The summed E-state index contributed by atoms with van der Waals surface area (Å²) in [4.78, 5) is 23.8. The lowest BCUT2D eigenvalue weighted by Crippen LogP contribution is -2.32. The van der Waals surface area contributed by atoms with E-state index in [9.17, 15) is 13.2 Å². The van der Waals surface area contributed by atoms with Crippen LogP contribution in [0.3, 0.4) is 0 Å². The van der Waals surface area contributed by atoms with E-state index in [0.29, 0.717) is 23.6 Å². The van der Waals surface area contributed by atoms with E-state index in [1.807, 2.05) is 22.8 Å². The summed E-state index contributed by atoms with van der Waals surface area (Å²) in [6.45, 7) is 0.351. The van der Waals surface area contributed by atoms with Gasteiger partial charge in [-0.2, -0.15) is 0 Å². The fourth-order valence-corrected chi connectivity index (χ4v) is 6.93. The average molecular weight is 443 g/mol. The topological polar surface area (TPSA) is 85.2 Å². The summed E-state index contributed by atoms with van der Waals surface area (Å²) in [5, 5.41) is 1.37. The third-order valence-electron chi connectivity index (χ3n) is 6.63. The van der Waals surface area contributed by atoms with Crippen LogP contribution >= 0.6 is 11.6 Å². The molecule has 1 saturated heterocycles. The Balaban J connectivity index is 1.47. The van der Waals surface area contributed by atoms with Crippen molar-refractivity contribution in [3.63, 3.8) is 0 Å². The van der Waals surface area contributed by atoms with E-state index in [2.05, 4.69) is 9.97 Å². The van der Waals surface area contributed by atoms with Crippen LogP contribution < -0.4 is 4.90 Å². The van der Waals surface area contributed by atoms with Gasteiger partial charge in [-0.3, -0.25) is 9.78 Å². The van der Waals surface area contributed by atoms with E-state index in [1.165, 1.54) is 0 Å². The number of fused-ring (bicyclic) bond motifs is 3. The maximum atomic E-state index is 13.3.